The van der Waals surface area contributed by atoms with Crippen LogP contribution in [0.1, 0.15) is 44.9 Å². The molecule has 1 heterocycles. The predicted molar refractivity (Wildman–Crippen MR) is 60.7 cm³/mol. The maximum Gasteiger partial charge on any atom is 0.410 e. The number of ether oxygens (including phenoxy) is 1. The number of carbonyl (C=O) groups excluding carboxylic acids is 1. The Bertz CT molecular complexity index is 299. The van der Waals surface area contributed by atoms with Crippen molar-refractivity contribution in [2.24, 2.45) is 0 Å². The van der Waals surface area contributed by atoms with Crippen LogP contribution in [-0.2, 0) is 9.53 Å². The number of carboxylic acids is 1. The van der Waals surface area contributed by atoms with Gasteiger partial charge in [-0.25, -0.2) is 4.79 Å². The first-order valence-electron chi connectivity index (χ1n) is 6.36. The van der Waals surface area contributed by atoms with Crippen molar-refractivity contribution in [2.75, 3.05) is 6.54 Å². The number of hydrogen-bond donors (Lipinski definition) is 1. The van der Waals surface area contributed by atoms with Gasteiger partial charge in [0, 0.05) is 19.0 Å². The fourth-order valence-electron chi connectivity index (χ4n) is 2.71. The van der Waals surface area contributed by atoms with Crippen LogP contribution in [-0.4, -0.2) is 40.8 Å². The van der Waals surface area contributed by atoms with Gasteiger partial charge in [-0.05, 0) is 12.8 Å². The van der Waals surface area contributed by atoms with E-state index in [1.165, 1.54) is 19.3 Å². The summed E-state index contributed by atoms with van der Waals surface area (Å²) in [5.41, 5.74) is 0. The largest absolute Gasteiger partial charge is 0.481 e. The fourth-order valence-corrected chi connectivity index (χ4v) is 2.71. The summed E-state index contributed by atoms with van der Waals surface area (Å²) in [6, 6.07) is 0.307. The summed E-state index contributed by atoms with van der Waals surface area (Å²) in [7, 11) is 0. The fraction of sp³-hybridized carbons (Fsp3) is 0.833. The third-order valence-corrected chi connectivity index (χ3v) is 3.61. The maximum absolute atomic E-state index is 11.8. The normalized spacial score (nSPS) is 26.7. The standard InChI is InChI=1S/C12H19NO4/c14-11(15)8-10-6-7-13(12(16)17-10)9-4-2-1-3-5-9/h9-10H,1-8H2,(H,14,15). The van der Waals surface area contributed by atoms with E-state index in [1.807, 2.05) is 0 Å². The van der Waals surface area contributed by atoms with Crippen molar-refractivity contribution in [1.82, 2.24) is 4.90 Å². The van der Waals surface area contributed by atoms with Gasteiger partial charge in [0.1, 0.15) is 6.10 Å². The highest BCUT2D eigenvalue weighted by atomic mass is 16.6. The third-order valence-electron chi connectivity index (χ3n) is 3.61. The minimum absolute atomic E-state index is 0.0791. The second-order valence-corrected chi connectivity index (χ2v) is 4.88. The second-order valence-electron chi connectivity index (χ2n) is 4.88. The Morgan fingerprint density at radius 1 is 1.29 bits per heavy atom. The molecule has 2 fully saturated rings. The first kappa shape index (κ1) is 12.2. The molecule has 96 valence electrons. The van der Waals surface area contributed by atoms with Gasteiger partial charge in [0.2, 0.25) is 0 Å². The molecule has 1 amide bonds. The van der Waals surface area contributed by atoms with Gasteiger partial charge in [0.05, 0.1) is 6.42 Å². The predicted octanol–water partition coefficient (Wildman–Crippen LogP) is 2.00. The van der Waals surface area contributed by atoms with E-state index in [0.29, 0.717) is 19.0 Å². The lowest BCUT2D eigenvalue weighted by Gasteiger charge is -2.38. The third kappa shape index (κ3) is 3.11. The summed E-state index contributed by atoms with van der Waals surface area (Å²) in [6.45, 7) is 0.640. The van der Waals surface area contributed by atoms with Gasteiger partial charge >= 0.3 is 12.1 Å². The lowest BCUT2D eigenvalue weighted by atomic mass is 9.94. The Morgan fingerprint density at radius 2 is 2.00 bits per heavy atom. The molecule has 1 saturated carbocycles. The maximum atomic E-state index is 11.8. The van der Waals surface area contributed by atoms with Crippen LogP contribution < -0.4 is 0 Å². The van der Waals surface area contributed by atoms with Crippen LogP contribution >= 0.6 is 0 Å². The molecule has 1 saturated heterocycles. The van der Waals surface area contributed by atoms with Gasteiger partial charge in [-0.3, -0.25) is 4.79 Å². The molecule has 1 atom stereocenters. The molecule has 1 aliphatic carbocycles. The SMILES string of the molecule is O=C(O)CC1CCN(C2CCCCC2)C(=O)O1. The van der Waals surface area contributed by atoms with Gasteiger partial charge in [0.15, 0.2) is 0 Å². The number of carboxylic acid groups (broad SMARTS) is 1. The number of rotatable bonds is 3. The topological polar surface area (TPSA) is 66.8 Å². The minimum atomic E-state index is -0.908. The van der Waals surface area contributed by atoms with Crippen LogP contribution in [0.2, 0.25) is 0 Å². The van der Waals surface area contributed by atoms with Crippen molar-refractivity contribution < 1.29 is 19.4 Å². The highest BCUT2D eigenvalue weighted by molar-refractivity contribution is 5.71. The van der Waals surface area contributed by atoms with Gasteiger partial charge in [-0.2, -0.15) is 0 Å². The van der Waals surface area contributed by atoms with Crippen LogP contribution in [0.25, 0.3) is 0 Å². The molecule has 2 rings (SSSR count). The number of hydrogen-bond acceptors (Lipinski definition) is 3. The summed E-state index contributed by atoms with van der Waals surface area (Å²) >= 11 is 0. The van der Waals surface area contributed by atoms with E-state index >= 15 is 0 Å². The van der Waals surface area contributed by atoms with Gasteiger partial charge in [-0.15, -0.1) is 0 Å². The molecule has 2 aliphatic rings. The van der Waals surface area contributed by atoms with E-state index in [-0.39, 0.29) is 12.5 Å². The number of amides is 1. The molecular formula is C12H19NO4. The van der Waals surface area contributed by atoms with Crippen molar-refractivity contribution >= 4 is 12.1 Å². The Labute approximate surface area is 101 Å². The Balaban J connectivity index is 1.86. The van der Waals surface area contributed by atoms with E-state index in [0.717, 1.165) is 12.8 Å². The number of nitrogens with zero attached hydrogens (tertiary/aromatic N) is 1. The Hall–Kier alpha value is -1.26. The highest BCUT2D eigenvalue weighted by Crippen LogP contribution is 2.26. The summed E-state index contributed by atoms with van der Waals surface area (Å²) < 4.78 is 5.17. The average molecular weight is 241 g/mol. The molecule has 0 radical (unpaired) electrons. The summed E-state index contributed by atoms with van der Waals surface area (Å²) in [5, 5.41) is 8.66. The van der Waals surface area contributed by atoms with Crippen molar-refractivity contribution in [3.05, 3.63) is 0 Å². The first-order chi connectivity index (χ1) is 8.16. The first-order valence-corrected chi connectivity index (χ1v) is 6.36. The van der Waals surface area contributed by atoms with Crippen LogP contribution in [0.3, 0.4) is 0 Å². The molecule has 0 aromatic rings. The smallest absolute Gasteiger partial charge is 0.410 e. The van der Waals surface area contributed by atoms with Crippen molar-refractivity contribution in [3.63, 3.8) is 0 Å². The quantitative estimate of drug-likeness (QED) is 0.820. The monoisotopic (exact) mass is 241 g/mol. The molecule has 0 bridgehead atoms. The molecule has 5 heteroatoms. The van der Waals surface area contributed by atoms with Crippen LogP contribution in [0.15, 0.2) is 0 Å². The van der Waals surface area contributed by atoms with Crippen LogP contribution in [0, 0.1) is 0 Å². The Kier molecular flexibility index (Phi) is 3.86. The van der Waals surface area contributed by atoms with Crippen LogP contribution in [0.5, 0.6) is 0 Å². The van der Waals surface area contributed by atoms with E-state index in [1.54, 1.807) is 4.90 Å². The average Bonchev–Trinajstić information content (AvgIpc) is 2.29. The molecule has 5 nitrogen and oxygen atoms in total. The zero-order valence-electron chi connectivity index (χ0n) is 9.93. The van der Waals surface area contributed by atoms with E-state index in [9.17, 15) is 9.59 Å². The lowest BCUT2D eigenvalue weighted by molar-refractivity contribution is -0.140. The summed E-state index contributed by atoms with van der Waals surface area (Å²) in [4.78, 5) is 24.1. The molecule has 1 unspecified atom stereocenters. The zero-order valence-corrected chi connectivity index (χ0v) is 9.93. The van der Waals surface area contributed by atoms with Crippen molar-refractivity contribution in [2.45, 2.75) is 57.1 Å². The van der Waals surface area contributed by atoms with Gasteiger partial charge in [0.25, 0.3) is 0 Å². The molecular weight excluding hydrogens is 222 g/mol. The number of aliphatic carboxylic acids is 1. The summed E-state index contributed by atoms with van der Waals surface area (Å²) in [6.07, 6.45) is 5.49. The molecule has 1 N–H and O–H groups in total. The number of cyclic esters (lactones) is 1. The van der Waals surface area contributed by atoms with Crippen molar-refractivity contribution in [3.8, 4) is 0 Å². The highest BCUT2D eigenvalue weighted by Gasteiger charge is 2.33. The van der Waals surface area contributed by atoms with E-state index in [4.69, 9.17) is 9.84 Å². The van der Waals surface area contributed by atoms with E-state index < -0.39 is 12.1 Å². The minimum Gasteiger partial charge on any atom is -0.481 e. The molecule has 1 aliphatic heterocycles. The Morgan fingerprint density at radius 3 is 2.59 bits per heavy atom. The number of carbonyl (C=O) groups is 2. The molecule has 0 aromatic heterocycles. The van der Waals surface area contributed by atoms with Crippen molar-refractivity contribution in [1.29, 1.82) is 0 Å². The van der Waals surface area contributed by atoms with Crippen LogP contribution in [0.4, 0.5) is 4.79 Å². The van der Waals surface area contributed by atoms with Gasteiger partial charge < -0.3 is 14.7 Å². The lowest BCUT2D eigenvalue weighted by Crippen LogP contribution is -2.48. The van der Waals surface area contributed by atoms with Gasteiger partial charge in [-0.1, -0.05) is 19.3 Å². The second kappa shape index (κ2) is 5.38. The molecule has 0 aromatic carbocycles. The zero-order chi connectivity index (χ0) is 12.3. The molecule has 17 heavy (non-hydrogen) atoms. The summed E-state index contributed by atoms with van der Waals surface area (Å²) in [5.74, 6) is -0.908. The van der Waals surface area contributed by atoms with E-state index in [2.05, 4.69) is 0 Å². The molecule has 0 spiro atoms.